The van der Waals surface area contributed by atoms with Gasteiger partial charge in [-0.05, 0) is 23.8 Å². The lowest BCUT2D eigenvalue weighted by molar-refractivity contribution is -0.123. The number of amides is 3. The molecule has 8 heteroatoms. The van der Waals surface area contributed by atoms with Gasteiger partial charge in [-0.25, -0.2) is 9.59 Å². The third-order valence-electron chi connectivity index (χ3n) is 3.26. The van der Waals surface area contributed by atoms with Crippen LogP contribution >= 0.6 is 11.6 Å². The summed E-state index contributed by atoms with van der Waals surface area (Å²) >= 11 is 5.84. The fourth-order valence-corrected chi connectivity index (χ4v) is 2.21. The Morgan fingerprint density at radius 3 is 2.50 bits per heavy atom. The van der Waals surface area contributed by atoms with E-state index in [0.29, 0.717) is 5.02 Å². The average molecular weight is 377 g/mol. The van der Waals surface area contributed by atoms with Gasteiger partial charge in [0.25, 0.3) is 5.91 Å². The van der Waals surface area contributed by atoms with Crippen molar-refractivity contribution in [3.63, 3.8) is 0 Å². The number of halogens is 1. The molecule has 2 N–H and O–H groups in total. The fraction of sp³-hybridized carbons (Fsp3) is 0.167. The molecule has 0 atom stereocenters. The lowest BCUT2D eigenvalue weighted by Gasteiger charge is -2.10. The second kappa shape index (κ2) is 9.43. The van der Waals surface area contributed by atoms with Gasteiger partial charge in [0.15, 0.2) is 6.61 Å². The van der Waals surface area contributed by atoms with Crippen LogP contribution in [0.3, 0.4) is 0 Å². The largest absolute Gasteiger partial charge is 0.496 e. The van der Waals surface area contributed by atoms with Crippen LogP contribution in [0.25, 0.3) is 0 Å². The van der Waals surface area contributed by atoms with Crippen LogP contribution in [0.1, 0.15) is 15.9 Å². The van der Waals surface area contributed by atoms with Gasteiger partial charge in [-0.2, -0.15) is 0 Å². The molecule has 0 fully saturated rings. The normalized spacial score (nSPS) is 9.92. The van der Waals surface area contributed by atoms with Crippen LogP contribution in [-0.4, -0.2) is 31.6 Å². The minimum atomic E-state index is -0.788. The summed E-state index contributed by atoms with van der Waals surface area (Å²) in [4.78, 5) is 35.4. The van der Waals surface area contributed by atoms with Crippen molar-refractivity contribution in [2.75, 3.05) is 13.7 Å². The van der Waals surface area contributed by atoms with Crippen LogP contribution in [0.5, 0.6) is 5.75 Å². The van der Waals surface area contributed by atoms with E-state index in [2.05, 4.69) is 10.6 Å². The van der Waals surface area contributed by atoms with E-state index < -0.39 is 24.5 Å². The molecule has 2 aromatic rings. The minimum Gasteiger partial charge on any atom is -0.496 e. The van der Waals surface area contributed by atoms with E-state index in [0.717, 1.165) is 5.56 Å². The van der Waals surface area contributed by atoms with Crippen molar-refractivity contribution in [2.24, 2.45) is 0 Å². The minimum absolute atomic E-state index is 0.0846. The van der Waals surface area contributed by atoms with Crippen LogP contribution in [0.15, 0.2) is 48.5 Å². The molecule has 136 valence electrons. The summed E-state index contributed by atoms with van der Waals surface area (Å²) in [5.41, 5.74) is 0.968. The topological polar surface area (TPSA) is 93.7 Å². The summed E-state index contributed by atoms with van der Waals surface area (Å²) in [6, 6.07) is 13.0. The van der Waals surface area contributed by atoms with Crippen molar-refractivity contribution >= 4 is 29.5 Å². The van der Waals surface area contributed by atoms with E-state index in [1.165, 1.54) is 19.2 Å². The number of rotatable bonds is 6. The molecule has 7 nitrogen and oxygen atoms in total. The van der Waals surface area contributed by atoms with E-state index in [4.69, 9.17) is 21.1 Å². The highest BCUT2D eigenvalue weighted by Crippen LogP contribution is 2.23. The van der Waals surface area contributed by atoms with Gasteiger partial charge < -0.3 is 14.8 Å². The molecule has 0 saturated heterocycles. The van der Waals surface area contributed by atoms with E-state index >= 15 is 0 Å². The maximum Gasteiger partial charge on any atom is 0.342 e. The number of imide groups is 1. The summed E-state index contributed by atoms with van der Waals surface area (Å²) in [7, 11) is 1.39. The molecule has 3 amide bonds. The predicted molar refractivity (Wildman–Crippen MR) is 95.1 cm³/mol. The Bertz CT molecular complexity index is 795. The zero-order valence-electron chi connectivity index (χ0n) is 14.0. The van der Waals surface area contributed by atoms with Crippen LogP contribution < -0.4 is 15.4 Å². The van der Waals surface area contributed by atoms with Crippen molar-refractivity contribution in [2.45, 2.75) is 6.54 Å². The third-order valence-corrected chi connectivity index (χ3v) is 3.50. The summed E-state index contributed by atoms with van der Waals surface area (Å²) in [5.74, 6) is -1.28. The molecule has 0 aliphatic heterocycles. The van der Waals surface area contributed by atoms with Gasteiger partial charge in [-0.15, -0.1) is 0 Å². The second-order valence-electron chi connectivity index (χ2n) is 5.14. The van der Waals surface area contributed by atoms with Gasteiger partial charge in [0.05, 0.1) is 7.11 Å². The van der Waals surface area contributed by atoms with Gasteiger partial charge in [-0.1, -0.05) is 41.9 Å². The number of hydrogen-bond donors (Lipinski definition) is 2. The van der Waals surface area contributed by atoms with Crippen LogP contribution in [-0.2, 0) is 16.1 Å². The van der Waals surface area contributed by atoms with Crippen molar-refractivity contribution in [1.29, 1.82) is 0 Å². The summed E-state index contributed by atoms with van der Waals surface area (Å²) in [5, 5.41) is 4.92. The highest BCUT2D eigenvalue weighted by atomic mass is 35.5. The molecule has 2 aromatic carbocycles. The van der Waals surface area contributed by atoms with Crippen molar-refractivity contribution in [1.82, 2.24) is 10.6 Å². The van der Waals surface area contributed by atoms with Gasteiger partial charge in [0.2, 0.25) is 0 Å². The number of carbonyl (C=O) groups is 3. The molecule has 0 heterocycles. The lowest BCUT2D eigenvalue weighted by Crippen LogP contribution is -2.41. The van der Waals surface area contributed by atoms with E-state index in [1.54, 1.807) is 6.07 Å². The molecule has 0 aromatic heterocycles. The number of benzene rings is 2. The van der Waals surface area contributed by atoms with E-state index in [-0.39, 0.29) is 17.9 Å². The maximum atomic E-state index is 12.0. The van der Waals surface area contributed by atoms with Crippen molar-refractivity contribution in [3.05, 3.63) is 64.7 Å². The monoisotopic (exact) mass is 376 g/mol. The molecule has 0 saturated carbocycles. The van der Waals surface area contributed by atoms with Crippen molar-refractivity contribution < 1.29 is 23.9 Å². The number of ether oxygens (including phenoxy) is 2. The highest BCUT2D eigenvalue weighted by Gasteiger charge is 2.16. The Hall–Kier alpha value is -3.06. The molecule has 2 rings (SSSR count). The zero-order chi connectivity index (χ0) is 18.9. The van der Waals surface area contributed by atoms with Crippen molar-refractivity contribution in [3.8, 4) is 5.75 Å². The molecular formula is C18H17ClN2O5. The fourth-order valence-electron chi connectivity index (χ4n) is 2.03. The molecule has 0 aliphatic rings. The van der Waals surface area contributed by atoms with Gasteiger partial charge in [-0.3, -0.25) is 10.1 Å². The molecular weight excluding hydrogens is 360 g/mol. The van der Waals surface area contributed by atoms with Gasteiger partial charge in [0, 0.05) is 11.6 Å². The Labute approximate surface area is 155 Å². The first-order valence-electron chi connectivity index (χ1n) is 7.62. The zero-order valence-corrected chi connectivity index (χ0v) is 14.7. The third kappa shape index (κ3) is 5.78. The second-order valence-corrected chi connectivity index (χ2v) is 5.57. The Kier molecular flexibility index (Phi) is 6.99. The molecule has 0 bridgehead atoms. The SMILES string of the molecule is COc1ccc(Cl)cc1C(=O)OCC(=O)NC(=O)NCc1ccccc1. The number of methoxy groups -OCH3 is 1. The van der Waals surface area contributed by atoms with E-state index in [9.17, 15) is 14.4 Å². The first kappa shape index (κ1) is 19.3. The standard InChI is InChI=1S/C18H17ClN2O5/c1-25-15-8-7-13(19)9-14(15)17(23)26-11-16(22)21-18(24)20-10-12-5-3-2-4-6-12/h2-9H,10-11H2,1H3,(H2,20,21,22,24). The summed E-state index contributed by atoms with van der Waals surface area (Å²) < 4.78 is 9.92. The van der Waals surface area contributed by atoms with Crippen LogP contribution in [0, 0.1) is 0 Å². The number of hydrogen-bond acceptors (Lipinski definition) is 5. The van der Waals surface area contributed by atoms with E-state index in [1.807, 2.05) is 30.3 Å². The Balaban J connectivity index is 1.80. The molecule has 0 radical (unpaired) electrons. The number of carbonyl (C=O) groups excluding carboxylic acids is 3. The number of esters is 1. The maximum absolute atomic E-state index is 12.0. The Morgan fingerprint density at radius 2 is 1.81 bits per heavy atom. The predicted octanol–water partition coefficient (Wildman–Crippen LogP) is 2.53. The molecule has 26 heavy (non-hydrogen) atoms. The van der Waals surface area contributed by atoms with Gasteiger partial charge in [0.1, 0.15) is 11.3 Å². The first-order valence-corrected chi connectivity index (χ1v) is 7.99. The number of urea groups is 1. The summed E-state index contributed by atoms with van der Waals surface area (Å²) in [6.07, 6.45) is 0. The number of nitrogens with one attached hydrogen (secondary N) is 2. The highest BCUT2D eigenvalue weighted by molar-refractivity contribution is 6.31. The lowest BCUT2D eigenvalue weighted by atomic mass is 10.2. The quantitative estimate of drug-likeness (QED) is 0.755. The molecule has 0 aliphatic carbocycles. The summed E-state index contributed by atoms with van der Waals surface area (Å²) in [6.45, 7) is -0.354. The van der Waals surface area contributed by atoms with Crippen LogP contribution in [0.4, 0.5) is 4.79 Å². The molecule has 0 unspecified atom stereocenters. The Morgan fingerprint density at radius 1 is 1.08 bits per heavy atom. The average Bonchev–Trinajstić information content (AvgIpc) is 2.65. The molecule has 0 spiro atoms. The first-order chi connectivity index (χ1) is 12.5. The van der Waals surface area contributed by atoms with Gasteiger partial charge >= 0.3 is 12.0 Å². The smallest absolute Gasteiger partial charge is 0.342 e. The van der Waals surface area contributed by atoms with Crippen LogP contribution in [0.2, 0.25) is 5.02 Å².